The quantitative estimate of drug-likeness (QED) is 0.519. The highest BCUT2D eigenvalue weighted by Gasteiger charge is 2.55. The average molecular weight is 479 g/mol. The van der Waals surface area contributed by atoms with Gasteiger partial charge in [0.2, 0.25) is 15.6 Å². The van der Waals surface area contributed by atoms with Gasteiger partial charge in [-0.25, -0.2) is 13.1 Å². The first-order valence-electron chi connectivity index (χ1n) is 8.45. The van der Waals surface area contributed by atoms with Crippen LogP contribution in [-0.2, 0) is 14.8 Å². The highest BCUT2D eigenvalue weighted by molar-refractivity contribution is 7.89. The van der Waals surface area contributed by atoms with E-state index in [1.807, 2.05) is 0 Å². The van der Waals surface area contributed by atoms with E-state index in [0.717, 1.165) is 12.1 Å². The number of anilines is 1. The summed E-state index contributed by atoms with van der Waals surface area (Å²) in [5.74, 6) is -1.81. The number of rotatable bonds is 5. The van der Waals surface area contributed by atoms with Crippen LogP contribution in [0.5, 0.6) is 0 Å². The lowest BCUT2D eigenvalue weighted by Gasteiger charge is -2.26. The fraction of sp³-hybridized carbons (Fsp3) is 0.562. The minimum Gasteiger partial charge on any atom is -0.393 e. The largest absolute Gasteiger partial charge is 0.426 e. The fourth-order valence-electron chi connectivity index (χ4n) is 2.69. The Kier molecular flexibility index (Phi) is 7.13. The first kappa shape index (κ1) is 24.2. The Hall–Kier alpha value is -1.11. The number of nitrogens with one attached hydrogen (secondary N) is 2. The van der Waals surface area contributed by atoms with E-state index in [9.17, 15) is 36.6 Å². The highest BCUT2D eigenvalue weighted by atomic mass is 35.5. The summed E-state index contributed by atoms with van der Waals surface area (Å²) in [7, 11) is -4.12. The summed E-state index contributed by atoms with van der Waals surface area (Å²) in [6.07, 6.45) is -4.00. The van der Waals surface area contributed by atoms with Crippen molar-refractivity contribution in [2.75, 3.05) is 5.32 Å². The van der Waals surface area contributed by atoms with Gasteiger partial charge in [0.05, 0.1) is 21.8 Å². The van der Waals surface area contributed by atoms with E-state index in [1.54, 1.807) is 5.32 Å². The van der Waals surface area contributed by atoms with Crippen LogP contribution < -0.4 is 10.0 Å². The highest BCUT2D eigenvalue weighted by Crippen LogP contribution is 2.37. The molecule has 1 amide bonds. The van der Waals surface area contributed by atoms with Crippen molar-refractivity contribution in [1.29, 1.82) is 0 Å². The maximum absolute atomic E-state index is 12.8. The number of carbonyl (C=O) groups excluding carboxylic acids is 1. The molecule has 0 saturated heterocycles. The number of benzene rings is 1. The Balaban J connectivity index is 2.24. The standard InChI is InChI=1S/C16H19Cl2F3N2O5S/c1-15(26,16(19,20)21)14(25)22-10-6-7-11(13(18)12(10)17)29(27,28)23-8-2-4-9(24)5-3-8/h6-9,23-24,26H,2-5H2,1H3,(H,22,25)/t8?,9?,15-/m1/s1. The van der Waals surface area contributed by atoms with Gasteiger partial charge in [0.25, 0.3) is 5.91 Å². The zero-order valence-electron chi connectivity index (χ0n) is 15.1. The zero-order valence-corrected chi connectivity index (χ0v) is 17.4. The summed E-state index contributed by atoms with van der Waals surface area (Å²) < 4.78 is 65.9. The molecule has 1 aliphatic carbocycles. The molecule has 29 heavy (non-hydrogen) atoms. The van der Waals surface area contributed by atoms with E-state index in [-0.39, 0.29) is 6.92 Å². The average Bonchev–Trinajstić information content (AvgIpc) is 2.59. The smallest absolute Gasteiger partial charge is 0.393 e. The molecule has 1 aliphatic rings. The Bertz CT molecular complexity index is 885. The monoisotopic (exact) mass is 478 g/mol. The fourth-order valence-corrected chi connectivity index (χ4v) is 4.81. The molecule has 2 rings (SSSR count). The van der Waals surface area contributed by atoms with Gasteiger partial charge in [-0.2, -0.15) is 13.2 Å². The molecule has 164 valence electrons. The molecule has 0 aliphatic heterocycles. The van der Waals surface area contributed by atoms with Crippen molar-refractivity contribution in [3.8, 4) is 0 Å². The summed E-state index contributed by atoms with van der Waals surface area (Å²) in [6.45, 7) is 0.266. The lowest BCUT2D eigenvalue weighted by Crippen LogP contribution is -2.52. The van der Waals surface area contributed by atoms with Crippen molar-refractivity contribution < 1.29 is 36.6 Å². The number of hydrogen-bond donors (Lipinski definition) is 4. The molecule has 13 heteroatoms. The normalized spacial score (nSPS) is 22.8. The first-order valence-corrected chi connectivity index (χ1v) is 10.7. The van der Waals surface area contributed by atoms with Crippen LogP contribution in [0.2, 0.25) is 10.0 Å². The van der Waals surface area contributed by atoms with Crippen molar-refractivity contribution in [2.45, 2.75) is 61.4 Å². The molecule has 1 fully saturated rings. The molecule has 1 aromatic rings. The van der Waals surface area contributed by atoms with Gasteiger partial charge >= 0.3 is 6.18 Å². The molecule has 1 aromatic carbocycles. The lowest BCUT2D eigenvalue weighted by molar-refractivity contribution is -0.242. The number of sulfonamides is 1. The molecule has 0 aromatic heterocycles. The van der Waals surface area contributed by atoms with Crippen LogP contribution in [-0.4, -0.2) is 48.5 Å². The molecule has 4 N–H and O–H groups in total. The number of carbonyl (C=O) groups is 1. The predicted molar refractivity (Wildman–Crippen MR) is 100 cm³/mol. The summed E-state index contributed by atoms with van der Waals surface area (Å²) >= 11 is 11.9. The van der Waals surface area contributed by atoms with Gasteiger partial charge in [-0.1, -0.05) is 23.2 Å². The number of amides is 1. The van der Waals surface area contributed by atoms with Gasteiger partial charge in [-0.3, -0.25) is 4.79 Å². The van der Waals surface area contributed by atoms with Crippen LogP contribution in [0.15, 0.2) is 17.0 Å². The lowest BCUT2D eigenvalue weighted by atomic mass is 9.94. The zero-order chi connectivity index (χ0) is 22.2. The van der Waals surface area contributed by atoms with Gasteiger partial charge in [0, 0.05) is 6.04 Å². The predicted octanol–water partition coefficient (Wildman–Crippen LogP) is 2.83. The molecule has 1 atom stereocenters. The molecule has 0 heterocycles. The van der Waals surface area contributed by atoms with Gasteiger partial charge in [0.1, 0.15) is 4.90 Å². The van der Waals surface area contributed by atoms with Crippen LogP contribution in [0, 0.1) is 0 Å². The van der Waals surface area contributed by atoms with Gasteiger partial charge in [0.15, 0.2) is 0 Å². The first-order chi connectivity index (χ1) is 13.2. The molecule has 0 bridgehead atoms. The van der Waals surface area contributed by atoms with E-state index in [2.05, 4.69) is 4.72 Å². The number of aliphatic hydroxyl groups is 2. The molecule has 0 spiro atoms. The van der Waals surface area contributed by atoms with Crippen LogP contribution >= 0.6 is 23.2 Å². The topological polar surface area (TPSA) is 116 Å². The van der Waals surface area contributed by atoms with E-state index >= 15 is 0 Å². The van der Waals surface area contributed by atoms with Crippen LogP contribution in [0.3, 0.4) is 0 Å². The van der Waals surface area contributed by atoms with Gasteiger partial charge < -0.3 is 15.5 Å². The molecule has 0 unspecified atom stereocenters. The third-order valence-corrected chi connectivity index (χ3v) is 7.15. The third-order valence-electron chi connectivity index (χ3n) is 4.60. The second kappa shape index (κ2) is 8.56. The summed E-state index contributed by atoms with van der Waals surface area (Å²) in [6, 6.07) is 1.53. The van der Waals surface area contributed by atoms with Crippen LogP contribution in [0.1, 0.15) is 32.6 Å². The minimum absolute atomic E-state index is 0.266. The summed E-state index contributed by atoms with van der Waals surface area (Å²) in [4.78, 5) is 11.4. The van der Waals surface area contributed by atoms with Gasteiger partial charge in [-0.05, 0) is 44.7 Å². The molecule has 1 saturated carbocycles. The Morgan fingerprint density at radius 1 is 1.14 bits per heavy atom. The second-order valence-corrected chi connectivity index (χ2v) is 9.33. The maximum atomic E-state index is 12.8. The van der Waals surface area contributed by atoms with E-state index in [1.165, 1.54) is 0 Å². The molecule has 0 radical (unpaired) electrons. The van der Waals surface area contributed by atoms with E-state index < -0.39 is 60.5 Å². The summed E-state index contributed by atoms with van der Waals surface area (Å²) in [5, 5.41) is 19.7. The van der Waals surface area contributed by atoms with Crippen molar-refractivity contribution in [3.63, 3.8) is 0 Å². The van der Waals surface area contributed by atoms with Crippen LogP contribution in [0.4, 0.5) is 18.9 Å². The Morgan fingerprint density at radius 3 is 2.21 bits per heavy atom. The SMILES string of the molecule is C[C@@](O)(C(=O)Nc1ccc(S(=O)(=O)NC2CCC(O)CC2)c(Cl)c1Cl)C(F)(F)F. The third kappa shape index (κ3) is 5.33. The maximum Gasteiger partial charge on any atom is 0.426 e. The number of halogens is 5. The number of hydrogen-bond acceptors (Lipinski definition) is 5. The second-order valence-electron chi connectivity index (χ2n) is 6.89. The van der Waals surface area contributed by atoms with Crippen LogP contribution in [0.25, 0.3) is 0 Å². The van der Waals surface area contributed by atoms with Crippen molar-refractivity contribution in [1.82, 2.24) is 4.72 Å². The summed E-state index contributed by atoms with van der Waals surface area (Å²) in [5.41, 5.74) is -4.09. The van der Waals surface area contributed by atoms with Crippen molar-refractivity contribution in [3.05, 3.63) is 22.2 Å². The Labute approximate surface area is 175 Å². The molecule has 7 nitrogen and oxygen atoms in total. The minimum atomic E-state index is -5.24. The number of aliphatic hydroxyl groups excluding tert-OH is 1. The number of alkyl halides is 3. The molecular weight excluding hydrogens is 460 g/mol. The van der Waals surface area contributed by atoms with Crippen molar-refractivity contribution >= 4 is 44.8 Å². The Morgan fingerprint density at radius 2 is 1.69 bits per heavy atom. The van der Waals surface area contributed by atoms with E-state index in [4.69, 9.17) is 23.2 Å². The van der Waals surface area contributed by atoms with Crippen molar-refractivity contribution in [2.24, 2.45) is 0 Å². The van der Waals surface area contributed by atoms with E-state index in [0.29, 0.717) is 25.7 Å². The van der Waals surface area contributed by atoms with Gasteiger partial charge in [-0.15, -0.1) is 0 Å². The molecular formula is C16H19Cl2F3N2O5S.